The summed E-state index contributed by atoms with van der Waals surface area (Å²) in [5, 5.41) is 1.28. The molecule has 4 rings (SSSR count). The molecule has 0 N–H and O–H groups in total. The van der Waals surface area contributed by atoms with Crippen LogP contribution in [0.5, 0.6) is 0 Å². The van der Waals surface area contributed by atoms with Gasteiger partial charge in [-0.05, 0) is 30.5 Å². The van der Waals surface area contributed by atoms with Crippen molar-refractivity contribution in [1.29, 1.82) is 0 Å². The van der Waals surface area contributed by atoms with Crippen LogP contribution in [0.15, 0.2) is 42.9 Å². The second kappa shape index (κ2) is 7.38. The van der Waals surface area contributed by atoms with Crippen LogP contribution in [0.3, 0.4) is 0 Å². The Hall–Kier alpha value is -2.53. The summed E-state index contributed by atoms with van der Waals surface area (Å²) in [6.45, 7) is 9.32. The fraction of sp³-hybridized carbons (Fsp3) is 0.381. The Kier molecular flexibility index (Phi) is 4.80. The third-order valence-electron chi connectivity index (χ3n) is 5.22. The number of aryl methyl sites for hydroxylation is 2. The molecule has 0 radical (unpaired) electrons. The van der Waals surface area contributed by atoms with Crippen LogP contribution in [0.4, 0.5) is 5.82 Å². The van der Waals surface area contributed by atoms with Crippen molar-refractivity contribution >= 4 is 16.7 Å². The highest BCUT2D eigenvalue weighted by atomic mass is 15.3. The zero-order valence-corrected chi connectivity index (χ0v) is 15.5. The van der Waals surface area contributed by atoms with E-state index in [9.17, 15) is 0 Å². The van der Waals surface area contributed by atoms with Gasteiger partial charge in [-0.3, -0.25) is 9.88 Å². The number of benzene rings is 1. The van der Waals surface area contributed by atoms with Crippen LogP contribution >= 0.6 is 0 Å². The summed E-state index contributed by atoms with van der Waals surface area (Å²) in [6, 6.07) is 10.8. The molecule has 0 amide bonds. The van der Waals surface area contributed by atoms with Gasteiger partial charge in [0.2, 0.25) is 0 Å². The van der Waals surface area contributed by atoms with Crippen molar-refractivity contribution in [2.45, 2.75) is 26.8 Å². The van der Waals surface area contributed by atoms with Crippen LogP contribution in [0.1, 0.15) is 23.7 Å². The molecule has 0 aliphatic carbocycles. The number of pyridine rings is 1. The first kappa shape index (κ1) is 16.9. The summed E-state index contributed by atoms with van der Waals surface area (Å²) in [4.78, 5) is 18.2. The number of piperazine rings is 1. The van der Waals surface area contributed by atoms with E-state index in [1.807, 2.05) is 12.3 Å². The summed E-state index contributed by atoms with van der Waals surface area (Å²) in [7, 11) is 0. The number of fused-ring (bicyclic) bond motifs is 1. The third kappa shape index (κ3) is 3.40. The van der Waals surface area contributed by atoms with E-state index >= 15 is 0 Å². The van der Waals surface area contributed by atoms with Crippen LogP contribution in [0.25, 0.3) is 10.9 Å². The number of hydrogen-bond donors (Lipinski definition) is 0. The van der Waals surface area contributed by atoms with Crippen molar-refractivity contribution in [3.63, 3.8) is 0 Å². The first-order valence-electron chi connectivity index (χ1n) is 9.36. The maximum atomic E-state index is 4.56. The van der Waals surface area contributed by atoms with Crippen LogP contribution < -0.4 is 4.90 Å². The van der Waals surface area contributed by atoms with Crippen LogP contribution in [-0.4, -0.2) is 46.0 Å². The molecule has 1 fully saturated rings. The summed E-state index contributed by atoms with van der Waals surface area (Å²) in [5.74, 6) is 1.06. The highest BCUT2D eigenvalue weighted by Gasteiger charge is 2.19. The van der Waals surface area contributed by atoms with Gasteiger partial charge in [0.05, 0.1) is 5.52 Å². The zero-order valence-electron chi connectivity index (χ0n) is 15.5. The average Bonchev–Trinajstić information content (AvgIpc) is 2.71. The molecular weight excluding hydrogens is 322 g/mol. The predicted molar refractivity (Wildman–Crippen MR) is 105 cm³/mol. The van der Waals surface area contributed by atoms with Gasteiger partial charge < -0.3 is 4.90 Å². The van der Waals surface area contributed by atoms with E-state index in [0.29, 0.717) is 0 Å². The smallest absolute Gasteiger partial charge is 0.132 e. The lowest BCUT2D eigenvalue weighted by molar-refractivity contribution is 0.250. The largest absolute Gasteiger partial charge is 0.354 e. The van der Waals surface area contributed by atoms with Crippen molar-refractivity contribution in [3.8, 4) is 0 Å². The van der Waals surface area contributed by atoms with Crippen LogP contribution in [0.2, 0.25) is 0 Å². The van der Waals surface area contributed by atoms with Gasteiger partial charge in [-0.1, -0.05) is 25.1 Å². The van der Waals surface area contributed by atoms with Crippen molar-refractivity contribution in [3.05, 3.63) is 59.7 Å². The van der Waals surface area contributed by atoms with E-state index in [2.05, 4.69) is 62.9 Å². The first-order valence-corrected chi connectivity index (χ1v) is 9.36. The highest BCUT2D eigenvalue weighted by molar-refractivity contribution is 5.84. The molecule has 134 valence electrons. The standard InChI is InChI=1S/C21H25N5/c1-3-18-13-20(24-15-23-18)26-11-9-25(10-12-26)14-17-7-6-16(2)21-19(17)5-4-8-22-21/h4-8,13,15H,3,9-12,14H2,1-2H3. The molecule has 5 heteroatoms. The molecule has 2 aromatic heterocycles. The number of rotatable bonds is 4. The Balaban J connectivity index is 1.45. The number of aromatic nitrogens is 3. The van der Waals surface area contributed by atoms with Crippen molar-refractivity contribution in [2.24, 2.45) is 0 Å². The van der Waals surface area contributed by atoms with Gasteiger partial charge in [0.1, 0.15) is 12.1 Å². The minimum absolute atomic E-state index is 0.948. The van der Waals surface area contributed by atoms with Crippen molar-refractivity contribution in [2.75, 3.05) is 31.1 Å². The molecule has 1 aromatic carbocycles. The predicted octanol–water partition coefficient (Wildman–Crippen LogP) is 3.22. The molecule has 3 aromatic rings. The quantitative estimate of drug-likeness (QED) is 0.725. The maximum Gasteiger partial charge on any atom is 0.132 e. The van der Waals surface area contributed by atoms with Crippen molar-refractivity contribution < 1.29 is 0 Å². The Bertz CT molecular complexity index is 900. The van der Waals surface area contributed by atoms with Gasteiger partial charge in [-0.15, -0.1) is 0 Å². The van der Waals surface area contributed by atoms with E-state index < -0.39 is 0 Å². The Morgan fingerprint density at radius 2 is 1.85 bits per heavy atom. The van der Waals surface area contributed by atoms with Crippen molar-refractivity contribution in [1.82, 2.24) is 19.9 Å². The van der Waals surface area contributed by atoms with Gasteiger partial charge in [-0.25, -0.2) is 9.97 Å². The Labute approximate surface area is 154 Å². The molecule has 1 saturated heterocycles. The molecule has 0 saturated carbocycles. The minimum Gasteiger partial charge on any atom is -0.354 e. The molecule has 0 atom stereocenters. The summed E-state index contributed by atoms with van der Waals surface area (Å²) in [6.07, 6.45) is 4.51. The summed E-state index contributed by atoms with van der Waals surface area (Å²) in [5.41, 5.74) is 4.83. The minimum atomic E-state index is 0.948. The molecule has 26 heavy (non-hydrogen) atoms. The van der Waals surface area contributed by atoms with Gasteiger partial charge in [0, 0.05) is 56.1 Å². The summed E-state index contributed by atoms with van der Waals surface area (Å²) >= 11 is 0. The van der Waals surface area contributed by atoms with Gasteiger partial charge in [0.15, 0.2) is 0 Å². The van der Waals surface area contributed by atoms with Gasteiger partial charge in [-0.2, -0.15) is 0 Å². The van der Waals surface area contributed by atoms with E-state index in [0.717, 1.165) is 56.2 Å². The molecule has 1 aliphatic rings. The molecule has 0 spiro atoms. The Morgan fingerprint density at radius 1 is 1.00 bits per heavy atom. The van der Waals surface area contributed by atoms with E-state index in [1.54, 1.807) is 6.33 Å². The molecule has 1 aliphatic heterocycles. The number of anilines is 1. The fourth-order valence-electron chi connectivity index (χ4n) is 3.64. The highest BCUT2D eigenvalue weighted by Crippen LogP contribution is 2.22. The van der Waals surface area contributed by atoms with Crippen LogP contribution in [-0.2, 0) is 13.0 Å². The zero-order chi connectivity index (χ0) is 17.9. The van der Waals surface area contributed by atoms with E-state index in [4.69, 9.17) is 0 Å². The maximum absolute atomic E-state index is 4.56. The average molecular weight is 347 g/mol. The molecule has 3 heterocycles. The van der Waals surface area contributed by atoms with E-state index in [1.165, 1.54) is 16.5 Å². The molecule has 0 bridgehead atoms. The lowest BCUT2D eigenvalue weighted by Gasteiger charge is -2.35. The number of nitrogens with zero attached hydrogens (tertiary/aromatic N) is 5. The molecular formula is C21H25N5. The fourth-order valence-corrected chi connectivity index (χ4v) is 3.64. The third-order valence-corrected chi connectivity index (χ3v) is 5.22. The lowest BCUT2D eigenvalue weighted by Crippen LogP contribution is -2.46. The number of hydrogen-bond acceptors (Lipinski definition) is 5. The summed E-state index contributed by atoms with van der Waals surface area (Å²) < 4.78 is 0. The van der Waals surface area contributed by atoms with Gasteiger partial charge in [0.25, 0.3) is 0 Å². The molecule has 0 unspecified atom stereocenters. The van der Waals surface area contributed by atoms with Gasteiger partial charge >= 0.3 is 0 Å². The Morgan fingerprint density at radius 3 is 2.65 bits per heavy atom. The monoisotopic (exact) mass is 347 g/mol. The van der Waals surface area contributed by atoms with Crippen LogP contribution in [0, 0.1) is 6.92 Å². The first-order chi connectivity index (χ1) is 12.7. The second-order valence-electron chi connectivity index (χ2n) is 6.93. The van der Waals surface area contributed by atoms with E-state index in [-0.39, 0.29) is 0 Å². The second-order valence-corrected chi connectivity index (χ2v) is 6.93. The normalized spacial score (nSPS) is 15.5. The lowest BCUT2D eigenvalue weighted by atomic mass is 10.0. The molecule has 5 nitrogen and oxygen atoms in total. The SMILES string of the molecule is CCc1cc(N2CCN(Cc3ccc(C)c4ncccc34)CC2)ncn1. The topological polar surface area (TPSA) is 45.2 Å².